The lowest BCUT2D eigenvalue weighted by molar-refractivity contribution is 0.0601. The normalized spacial score (nSPS) is 10.5. The third kappa shape index (κ3) is 4.31. The van der Waals surface area contributed by atoms with Gasteiger partial charge in [-0.25, -0.2) is 4.79 Å². The molecule has 0 aliphatic heterocycles. The first kappa shape index (κ1) is 17.3. The summed E-state index contributed by atoms with van der Waals surface area (Å²) < 4.78 is 11.4. The summed E-state index contributed by atoms with van der Waals surface area (Å²) in [5.74, 6) is 0.448. The fourth-order valence-electron chi connectivity index (χ4n) is 2.56. The molecule has 0 saturated carbocycles. The van der Waals surface area contributed by atoms with Crippen LogP contribution in [0.4, 0.5) is 5.69 Å². The summed E-state index contributed by atoms with van der Waals surface area (Å²) in [6, 6.07) is 19.6. The van der Waals surface area contributed by atoms with Crippen LogP contribution in [0.1, 0.15) is 10.4 Å². The van der Waals surface area contributed by atoms with Crippen molar-refractivity contribution in [2.75, 3.05) is 25.6 Å². The number of ether oxygens (including phenoxy) is 2. The van der Waals surface area contributed by atoms with Crippen molar-refractivity contribution in [2.45, 2.75) is 0 Å². The molecular formula is C20H18BrNO3. The van der Waals surface area contributed by atoms with Crippen molar-refractivity contribution in [3.05, 3.63) is 70.7 Å². The van der Waals surface area contributed by atoms with Crippen LogP contribution in [0, 0.1) is 0 Å². The van der Waals surface area contributed by atoms with Gasteiger partial charge in [-0.1, -0.05) is 46.3 Å². The van der Waals surface area contributed by atoms with Gasteiger partial charge in [0.25, 0.3) is 0 Å². The van der Waals surface area contributed by atoms with E-state index >= 15 is 0 Å². The average Bonchev–Trinajstić information content (AvgIpc) is 2.65. The Bertz CT molecular complexity index is 895. The van der Waals surface area contributed by atoms with Gasteiger partial charge in [-0.15, -0.1) is 0 Å². The number of esters is 1. The van der Waals surface area contributed by atoms with Crippen LogP contribution in [-0.2, 0) is 4.74 Å². The van der Waals surface area contributed by atoms with Gasteiger partial charge in [-0.05, 0) is 41.1 Å². The van der Waals surface area contributed by atoms with Gasteiger partial charge in [0.1, 0.15) is 12.4 Å². The van der Waals surface area contributed by atoms with E-state index in [1.807, 2.05) is 42.5 Å². The van der Waals surface area contributed by atoms with Crippen molar-refractivity contribution >= 4 is 38.4 Å². The van der Waals surface area contributed by atoms with Gasteiger partial charge in [0, 0.05) is 16.7 Å². The predicted octanol–water partition coefficient (Wildman–Crippen LogP) is 4.88. The Morgan fingerprint density at radius 2 is 1.84 bits per heavy atom. The number of fused-ring (bicyclic) bond motifs is 1. The Balaban J connectivity index is 1.60. The van der Waals surface area contributed by atoms with Gasteiger partial charge in [0.05, 0.1) is 12.7 Å². The van der Waals surface area contributed by atoms with Crippen LogP contribution in [0.5, 0.6) is 5.75 Å². The van der Waals surface area contributed by atoms with E-state index in [0.717, 1.165) is 21.3 Å². The van der Waals surface area contributed by atoms with E-state index in [0.29, 0.717) is 18.7 Å². The number of rotatable bonds is 6. The number of carbonyl (C=O) groups is 1. The molecule has 0 aliphatic rings. The number of benzene rings is 3. The zero-order valence-electron chi connectivity index (χ0n) is 13.8. The largest absolute Gasteiger partial charge is 0.492 e. The van der Waals surface area contributed by atoms with Crippen molar-refractivity contribution in [1.82, 2.24) is 0 Å². The minimum absolute atomic E-state index is 0.376. The molecule has 0 spiro atoms. The summed E-state index contributed by atoms with van der Waals surface area (Å²) in [4.78, 5) is 11.9. The molecule has 0 aromatic heterocycles. The number of carbonyl (C=O) groups excluding carboxylic acids is 1. The van der Waals surface area contributed by atoms with Crippen LogP contribution in [-0.4, -0.2) is 26.2 Å². The molecule has 0 unspecified atom stereocenters. The van der Waals surface area contributed by atoms with Gasteiger partial charge in [0.2, 0.25) is 0 Å². The van der Waals surface area contributed by atoms with Gasteiger partial charge >= 0.3 is 5.97 Å². The molecule has 0 radical (unpaired) electrons. The molecule has 4 nitrogen and oxygen atoms in total. The number of anilines is 1. The third-order valence-electron chi connectivity index (χ3n) is 3.79. The van der Waals surface area contributed by atoms with Crippen LogP contribution in [0.15, 0.2) is 65.1 Å². The Morgan fingerprint density at radius 3 is 2.64 bits per heavy atom. The second-order valence-corrected chi connectivity index (χ2v) is 6.38. The molecule has 3 aromatic rings. The van der Waals surface area contributed by atoms with Crippen molar-refractivity contribution < 1.29 is 14.3 Å². The lowest BCUT2D eigenvalue weighted by Crippen LogP contribution is -2.14. The molecule has 25 heavy (non-hydrogen) atoms. The third-order valence-corrected chi connectivity index (χ3v) is 4.29. The molecule has 0 fully saturated rings. The number of nitrogens with one attached hydrogen (secondary N) is 1. The van der Waals surface area contributed by atoms with E-state index < -0.39 is 0 Å². The molecule has 0 heterocycles. The molecule has 0 bridgehead atoms. The molecule has 0 saturated heterocycles. The second kappa shape index (κ2) is 8.03. The quantitative estimate of drug-likeness (QED) is 0.473. The molecule has 0 aliphatic carbocycles. The predicted molar refractivity (Wildman–Crippen MR) is 103 cm³/mol. The summed E-state index contributed by atoms with van der Waals surface area (Å²) in [5.41, 5.74) is 1.21. The molecule has 0 atom stereocenters. The average molecular weight is 400 g/mol. The fraction of sp³-hybridized carbons (Fsp3) is 0.150. The molecule has 1 N–H and O–H groups in total. The van der Waals surface area contributed by atoms with E-state index in [4.69, 9.17) is 9.47 Å². The standard InChI is InChI=1S/C20H18BrNO3/c1-24-20(23)18-13-16(21)7-9-19(18)22-10-11-25-17-8-6-14-4-2-3-5-15(14)12-17/h2-9,12-13,22H,10-11H2,1H3. The highest BCUT2D eigenvalue weighted by atomic mass is 79.9. The highest BCUT2D eigenvalue weighted by molar-refractivity contribution is 9.10. The number of hydrogen-bond acceptors (Lipinski definition) is 4. The van der Waals surface area contributed by atoms with Crippen LogP contribution >= 0.6 is 15.9 Å². The Kier molecular flexibility index (Phi) is 5.56. The van der Waals surface area contributed by atoms with Crippen LogP contribution < -0.4 is 10.1 Å². The maximum absolute atomic E-state index is 11.9. The summed E-state index contributed by atoms with van der Waals surface area (Å²) in [5, 5.41) is 5.55. The number of methoxy groups -OCH3 is 1. The van der Waals surface area contributed by atoms with Crippen molar-refractivity contribution in [2.24, 2.45) is 0 Å². The molecule has 3 aromatic carbocycles. The summed E-state index contributed by atoms with van der Waals surface area (Å²) in [6.45, 7) is 1.05. The summed E-state index contributed by atoms with van der Waals surface area (Å²) in [7, 11) is 1.37. The zero-order chi connectivity index (χ0) is 17.6. The first-order chi connectivity index (χ1) is 12.2. The summed E-state index contributed by atoms with van der Waals surface area (Å²) >= 11 is 3.37. The highest BCUT2D eigenvalue weighted by Gasteiger charge is 2.12. The molecule has 5 heteroatoms. The lowest BCUT2D eigenvalue weighted by Gasteiger charge is -2.12. The Labute approximate surface area is 154 Å². The molecular weight excluding hydrogens is 382 g/mol. The van der Waals surface area contributed by atoms with Crippen LogP contribution in [0.3, 0.4) is 0 Å². The number of halogens is 1. The first-order valence-corrected chi connectivity index (χ1v) is 8.70. The van der Waals surface area contributed by atoms with E-state index in [9.17, 15) is 4.79 Å². The van der Waals surface area contributed by atoms with Gasteiger partial charge in [-0.2, -0.15) is 0 Å². The minimum Gasteiger partial charge on any atom is -0.492 e. The number of hydrogen-bond donors (Lipinski definition) is 1. The highest BCUT2D eigenvalue weighted by Crippen LogP contribution is 2.22. The van der Waals surface area contributed by atoms with E-state index in [1.54, 1.807) is 6.07 Å². The maximum atomic E-state index is 11.9. The van der Waals surface area contributed by atoms with E-state index in [2.05, 4.69) is 33.4 Å². The van der Waals surface area contributed by atoms with Crippen LogP contribution in [0.25, 0.3) is 10.8 Å². The second-order valence-electron chi connectivity index (χ2n) is 5.47. The smallest absolute Gasteiger partial charge is 0.340 e. The monoisotopic (exact) mass is 399 g/mol. The lowest BCUT2D eigenvalue weighted by atomic mass is 10.1. The molecule has 128 valence electrons. The molecule has 3 rings (SSSR count). The summed E-state index contributed by atoms with van der Waals surface area (Å²) in [6.07, 6.45) is 0. The van der Waals surface area contributed by atoms with Gasteiger partial charge in [0.15, 0.2) is 0 Å². The van der Waals surface area contributed by atoms with Crippen molar-refractivity contribution in [3.8, 4) is 5.75 Å². The fourth-order valence-corrected chi connectivity index (χ4v) is 2.92. The van der Waals surface area contributed by atoms with Gasteiger partial charge < -0.3 is 14.8 Å². The van der Waals surface area contributed by atoms with Crippen molar-refractivity contribution in [1.29, 1.82) is 0 Å². The van der Waals surface area contributed by atoms with Crippen molar-refractivity contribution in [3.63, 3.8) is 0 Å². The topological polar surface area (TPSA) is 47.6 Å². The van der Waals surface area contributed by atoms with E-state index in [1.165, 1.54) is 12.5 Å². The van der Waals surface area contributed by atoms with Crippen LogP contribution in [0.2, 0.25) is 0 Å². The SMILES string of the molecule is COC(=O)c1cc(Br)ccc1NCCOc1ccc2ccccc2c1. The minimum atomic E-state index is -0.376. The first-order valence-electron chi connectivity index (χ1n) is 7.91. The maximum Gasteiger partial charge on any atom is 0.340 e. The zero-order valence-corrected chi connectivity index (χ0v) is 15.4. The molecule has 0 amide bonds. The Morgan fingerprint density at radius 1 is 1.04 bits per heavy atom. The Hall–Kier alpha value is -2.53. The van der Waals surface area contributed by atoms with E-state index in [-0.39, 0.29) is 5.97 Å². The van der Waals surface area contributed by atoms with Gasteiger partial charge in [-0.3, -0.25) is 0 Å².